The summed E-state index contributed by atoms with van der Waals surface area (Å²) in [5.74, 6) is 0.492. The van der Waals surface area contributed by atoms with Crippen molar-refractivity contribution >= 4 is 16.7 Å². The van der Waals surface area contributed by atoms with Crippen LogP contribution in [0.15, 0.2) is 46.1 Å². The molecule has 7 heteroatoms. The fraction of sp³-hybridized carbons (Fsp3) is 0.0714. The van der Waals surface area contributed by atoms with Crippen LogP contribution in [0.25, 0.3) is 16.7 Å². The van der Waals surface area contributed by atoms with E-state index in [2.05, 4.69) is 9.97 Å². The molecule has 0 saturated heterocycles. The van der Waals surface area contributed by atoms with Crippen molar-refractivity contribution in [2.75, 3.05) is 12.8 Å². The van der Waals surface area contributed by atoms with Gasteiger partial charge in [0, 0.05) is 0 Å². The molecule has 21 heavy (non-hydrogen) atoms. The summed E-state index contributed by atoms with van der Waals surface area (Å²) in [5, 5.41) is 0.237. The fourth-order valence-electron chi connectivity index (χ4n) is 2.17. The number of aromatic nitrogens is 3. The molecular weight excluding hydrogens is 272 g/mol. The van der Waals surface area contributed by atoms with Gasteiger partial charge in [-0.05, 0) is 18.2 Å². The SMILES string of the molecule is COc1ccccc1-n1c(=O)[nH]c(=O)c2cc(N)cnc21. The van der Waals surface area contributed by atoms with E-state index in [0.717, 1.165) is 0 Å². The average molecular weight is 284 g/mol. The van der Waals surface area contributed by atoms with Crippen LogP contribution in [0.4, 0.5) is 5.69 Å². The zero-order chi connectivity index (χ0) is 15.0. The Morgan fingerprint density at radius 3 is 2.81 bits per heavy atom. The Morgan fingerprint density at radius 1 is 1.29 bits per heavy atom. The first-order valence-corrected chi connectivity index (χ1v) is 6.16. The van der Waals surface area contributed by atoms with Crippen LogP contribution >= 0.6 is 0 Å². The number of methoxy groups -OCH3 is 1. The second-order valence-electron chi connectivity index (χ2n) is 4.41. The van der Waals surface area contributed by atoms with Crippen LogP contribution < -0.4 is 21.7 Å². The van der Waals surface area contributed by atoms with Crippen molar-refractivity contribution in [1.82, 2.24) is 14.5 Å². The number of fused-ring (bicyclic) bond motifs is 1. The molecule has 0 fully saturated rings. The molecule has 3 rings (SSSR count). The highest BCUT2D eigenvalue weighted by molar-refractivity contribution is 5.79. The van der Waals surface area contributed by atoms with Crippen molar-refractivity contribution in [1.29, 1.82) is 0 Å². The van der Waals surface area contributed by atoms with Crippen LogP contribution in [0.5, 0.6) is 5.75 Å². The number of nitrogens with two attached hydrogens (primary N) is 1. The van der Waals surface area contributed by atoms with E-state index in [4.69, 9.17) is 10.5 Å². The highest BCUT2D eigenvalue weighted by Gasteiger charge is 2.13. The Hall–Kier alpha value is -3.09. The number of nitrogens with zero attached hydrogens (tertiary/aromatic N) is 2. The predicted octanol–water partition coefficient (Wildman–Crippen LogP) is 0.665. The molecule has 0 aliphatic carbocycles. The molecule has 106 valence electrons. The van der Waals surface area contributed by atoms with Gasteiger partial charge in [-0.25, -0.2) is 14.3 Å². The van der Waals surface area contributed by atoms with E-state index in [0.29, 0.717) is 17.1 Å². The van der Waals surface area contributed by atoms with Crippen LogP contribution in [0.1, 0.15) is 0 Å². The van der Waals surface area contributed by atoms with Crippen molar-refractivity contribution in [2.45, 2.75) is 0 Å². The number of para-hydroxylation sites is 2. The Kier molecular flexibility index (Phi) is 2.94. The zero-order valence-electron chi connectivity index (χ0n) is 11.2. The molecule has 1 aromatic carbocycles. The smallest absolute Gasteiger partial charge is 0.334 e. The maximum Gasteiger partial charge on any atom is 0.334 e. The molecule has 0 bridgehead atoms. The number of aromatic amines is 1. The number of nitrogens with one attached hydrogen (secondary N) is 1. The lowest BCUT2D eigenvalue weighted by atomic mass is 10.2. The third-order valence-corrected chi connectivity index (χ3v) is 3.09. The molecule has 0 aliphatic rings. The first-order chi connectivity index (χ1) is 10.1. The summed E-state index contributed by atoms with van der Waals surface area (Å²) < 4.78 is 6.54. The summed E-state index contributed by atoms with van der Waals surface area (Å²) in [5.41, 5.74) is 5.59. The van der Waals surface area contributed by atoms with Gasteiger partial charge in [-0.2, -0.15) is 0 Å². The Labute approximate surface area is 118 Å². The van der Waals surface area contributed by atoms with Gasteiger partial charge < -0.3 is 10.5 Å². The summed E-state index contributed by atoms with van der Waals surface area (Å²) in [6, 6.07) is 8.45. The summed E-state index contributed by atoms with van der Waals surface area (Å²) in [4.78, 5) is 30.5. The van der Waals surface area contributed by atoms with Gasteiger partial charge in [-0.3, -0.25) is 9.78 Å². The average Bonchev–Trinajstić information content (AvgIpc) is 2.48. The number of H-pyrrole nitrogens is 1. The van der Waals surface area contributed by atoms with Gasteiger partial charge in [0.05, 0.1) is 30.1 Å². The standard InChI is InChI=1S/C14H12N4O3/c1-21-11-5-3-2-4-10(11)18-12-9(6-8(15)7-16-12)13(19)17-14(18)20/h2-7H,15H2,1H3,(H,17,19,20). The lowest BCUT2D eigenvalue weighted by molar-refractivity contribution is 0.412. The summed E-state index contributed by atoms with van der Waals surface area (Å²) in [7, 11) is 1.50. The highest BCUT2D eigenvalue weighted by Crippen LogP contribution is 2.22. The van der Waals surface area contributed by atoms with Crippen molar-refractivity contribution in [3.05, 3.63) is 57.4 Å². The van der Waals surface area contributed by atoms with Gasteiger partial charge in [0.25, 0.3) is 5.56 Å². The molecular formula is C14H12N4O3. The topological polar surface area (TPSA) is 103 Å². The van der Waals surface area contributed by atoms with Gasteiger partial charge in [0.1, 0.15) is 5.75 Å². The lowest BCUT2D eigenvalue weighted by Gasteiger charge is -2.12. The lowest BCUT2D eigenvalue weighted by Crippen LogP contribution is -2.30. The van der Waals surface area contributed by atoms with E-state index < -0.39 is 11.2 Å². The van der Waals surface area contributed by atoms with E-state index in [1.54, 1.807) is 24.3 Å². The van der Waals surface area contributed by atoms with Crippen molar-refractivity contribution in [2.24, 2.45) is 0 Å². The van der Waals surface area contributed by atoms with E-state index in [9.17, 15) is 9.59 Å². The van der Waals surface area contributed by atoms with Crippen molar-refractivity contribution < 1.29 is 4.74 Å². The first kappa shape index (κ1) is 12.9. The largest absolute Gasteiger partial charge is 0.495 e. The molecule has 0 radical (unpaired) electrons. The Morgan fingerprint density at radius 2 is 2.05 bits per heavy atom. The molecule has 0 amide bonds. The molecule has 0 unspecified atom stereocenters. The van der Waals surface area contributed by atoms with E-state index in [1.807, 2.05) is 0 Å². The number of hydrogen-bond donors (Lipinski definition) is 2. The molecule has 0 saturated carbocycles. The number of benzene rings is 1. The Balaban J connectivity index is 2.48. The van der Waals surface area contributed by atoms with Crippen molar-refractivity contribution in [3.8, 4) is 11.4 Å². The number of hydrogen-bond acceptors (Lipinski definition) is 5. The number of pyridine rings is 1. The monoisotopic (exact) mass is 284 g/mol. The molecule has 0 aliphatic heterocycles. The zero-order valence-corrected chi connectivity index (χ0v) is 11.2. The summed E-state index contributed by atoms with van der Waals surface area (Å²) in [6.45, 7) is 0. The van der Waals surface area contributed by atoms with Crippen LogP contribution in [0.3, 0.4) is 0 Å². The predicted molar refractivity (Wildman–Crippen MR) is 78.9 cm³/mol. The maximum atomic E-state index is 12.2. The number of anilines is 1. The molecule has 2 aromatic heterocycles. The highest BCUT2D eigenvalue weighted by atomic mass is 16.5. The quantitative estimate of drug-likeness (QED) is 0.719. The molecule has 3 aromatic rings. The third-order valence-electron chi connectivity index (χ3n) is 3.09. The molecule has 3 N–H and O–H groups in total. The normalized spacial score (nSPS) is 10.7. The van der Waals surface area contributed by atoms with Crippen LogP contribution in [-0.4, -0.2) is 21.6 Å². The minimum Gasteiger partial charge on any atom is -0.495 e. The fourth-order valence-corrected chi connectivity index (χ4v) is 2.17. The van der Waals surface area contributed by atoms with Crippen LogP contribution in [-0.2, 0) is 0 Å². The number of ether oxygens (including phenoxy) is 1. The van der Waals surface area contributed by atoms with Crippen LogP contribution in [0.2, 0.25) is 0 Å². The molecule has 2 heterocycles. The summed E-state index contributed by atoms with van der Waals surface area (Å²) in [6.07, 6.45) is 1.40. The third kappa shape index (κ3) is 2.04. The number of nitrogen functional groups attached to an aromatic ring is 1. The van der Waals surface area contributed by atoms with Gasteiger partial charge in [0.15, 0.2) is 5.65 Å². The van der Waals surface area contributed by atoms with E-state index >= 15 is 0 Å². The minimum absolute atomic E-state index is 0.224. The molecule has 7 nitrogen and oxygen atoms in total. The summed E-state index contributed by atoms with van der Waals surface area (Å²) >= 11 is 0. The van der Waals surface area contributed by atoms with Crippen LogP contribution in [0, 0.1) is 0 Å². The van der Waals surface area contributed by atoms with Gasteiger partial charge in [-0.15, -0.1) is 0 Å². The second-order valence-corrected chi connectivity index (χ2v) is 4.41. The second kappa shape index (κ2) is 4.78. The van der Waals surface area contributed by atoms with E-state index in [-0.39, 0.29) is 11.0 Å². The van der Waals surface area contributed by atoms with Gasteiger partial charge in [-0.1, -0.05) is 12.1 Å². The van der Waals surface area contributed by atoms with Gasteiger partial charge >= 0.3 is 5.69 Å². The Bertz CT molecular complexity index is 943. The minimum atomic E-state index is -0.589. The van der Waals surface area contributed by atoms with Crippen molar-refractivity contribution in [3.63, 3.8) is 0 Å². The van der Waals surface area contributed by atoms with Gasteiger partial charge in [0.2, 0.25) is 0 Å². The molecule has 0 spiro atoms. The molecule has 0 atom stereocenters. The maximum absolute atomic E-state index is 12.2. The van der Waals surface area contributed by atoms with E-state index in [1.165, 1.54) is 23.9 Å². The first-order valence-electron chi connectivity index (χ1n) is 6.16. The number of rotatable bonds is 2.